The Morgan fingerprint density at radius 2 is 1.96 bits per heavy atom. The highest BCUT2D eigenvalue weighted by Crippen LogP contribution is 2.18. The van der Waals surface area contributed by atoms with Gasteiger partial charge in [0.05, 0.1) is 13.7 Å². The summed E-state index contributed by atoms with van der Waals surface area (Å²) in [5, 5.41) is 0. The van der Waals surface area contributed by atoms with Gasteiger partial charge >= 0.3 is 5.69 Å². The minimum Gasteiger partial charge on any atom is -0.497 e. The number of methoxy groups -OCH3 is 1. The molecular weight excluding hydrogens is 335 g/mol. The molecule has 9 heteroatoms. The number of imidazole rings is 1. The SMILES string of the molecule is COc1ccc(Cn2c(=S)[nH]c3c2c(=O)n(C)c(=O)n3C)c(F)c1. The Balaban J connectivity index is 2.25. The number of hydrogen-bond acceptors (Lipinski definition) is 4. The molecule has 2 aromatic heterocycles. The summed E-state index contributed by atoms with van der Waals surface area (Å²) in [6.45, 7) is 0.0576. The van der Waals surface area contributed by atoms with E-state index in [2.05, 4.69) is 4.98 Å². The van der Waals surface area contributed by atoms with Crippen molar-refractivity contribution in [1.82, 2.24) is 18.7 Å². The summed E-state index contributed by atoms with van der Waals surface area (Å²) in [7, 11) is 4.38. The van der Waals surface area contributed by atoms with Crippen LogP contribution in [-0.2, 0) is 20.6 Å². The van der Waals surface area contributed by atoms with E-state index in [9.17, 15) is 14.0 Å². The highest BCUT2D eigenvalue weighted by Gasteiger charge is 2.16. The molecule has 0 aliphatic heterocycles. The van der Waals surface area contributed by atoms with E-state index in [1.807, 2.05) is 0 Å². The summed E-state index contributed by atoms with van der Waals surface area (Å²) in [4.78, 5) is 27.3. The summed E-state index contributed by atoms with van der Waals surface area (Å²) in [6, 6.07) is 4.47. The van der Waals surface area contributed by atoms with Crippen molar-refractivity contribution in [2.75, 3.05) is 7.11 Å². The Bertz CT molecular complexity index is 1120. The number of benzene rings is 1. The fraction of sp³-hybridized carbons (Fsp3) is 0.267. The van der Waals surface area contributed by atoms with Crippen molar-refractivity contribution < 1.29 is 9.13 Å². The van der Waals surface area contributed by atoms with Gasteiger partial charge in [0.15, 0.2) is 10.3 Å². The third kappa shape index (κ3) is 2.37. The number of rotatable bonds is 3. The minimum absolute atomic E-state index is 0.0576. The van der Waals surface area contributed by atoms with E-state index in [1.165, 1.54) is 36.4 Å². The Hall–Kier alpha value is -2.68. The van der Waals surface area contributed by atoms with Crippen LogP contribution in [0.3, 0.4) is 0 Å². The van der Waals surface area contributed by atoms with Gasteiger partial charge < -0.3 is 14.3 Å². The Kier molecular flexibility index (Phi) is 3.88. The van der Waals surface area contributed by atoms with Gasteiger partial charge in [-0.25, -0.2) is 9.18 Å². The lowest BCUT2D eigenvalue weighted by Crippen LogP contribution is -2.37. The molecule has 1 aromatic carbocycles. The quantitative estimate of drug-likeness (QED) is 0.723. The van der Waals surface area contributed by atoms with E-state index < -0.39 is 17.1 Å². The Morgan fingerprint density at radius 3 is 2.58 bits per heavy atom. The number of nitrogens with zero attached hydrogens (tertiary/aromatic N) is 3. The average molecular weight is 350 g/mol. The molecule has 0 fully saturated rings. The van der Waals surface area contributed by atoms with E-state index in [-0.39, 0.29) is 16.8 Å². The average Bonchev–Trinajstić information content (AvgIpc) is 2.89. The zero-order valence-corrected chi connectivity index (χ0v) is 14.1. The maximum atomic E-state index is 14.2. The fourth-order valence-electron chi connectivity index (χ4n) is 2.59. The first-order valence-electron chi connectivity index (χ1n) is 7.06. The summed E-state index contributed by atoms with van der Waals surface area (Å²) >= 11 is 5.25. The van der Waals surface area contributed by atoms with Gasteiger partial charge in [0.25, 0.3) is 5.56 Å². The van der Waals surface area contributed by atoms with E-state index in [0.29, 0.717) is 17.0 Å². The number of H-pyrrole nitrogens is 1. The second-order valence-corrected chi connectivity index (χ2v) is 5.76. The lowest BCUT2D eigenvalue weighted by Gasteiger charge is -2.09. The van der Waals surface area contributed by atoms with Crippen LogP contribution < -0.4 is 16.0 Å². The zero-order chi connectivity index (χ0) is 17.6. The number of aryl methyl sites for hydroxylation is 1. The molecule has 0 bridgehead atoms. The molecule has 3 rings (SSSR count). The summed E-state index contributed by atoms with van der Waals surface area (Å²) in [5.41, 5.74) is -0.0774. The van der Waals surface area contributed by atoms with Crippen molar-refractivity contribution >= 4 is 23.4 Å². The van der Waals surface area contributed by atoms with Crippen molar-refractivity contribution in [3.05, 3.63) is 55.2 Å². The molecule has 0 aliphatic carbocycles. The van der Waals surface area contributed by atoms with Crippen molar-refractivity contribution in [2.45, 2.75) is 6.54 Å². The molecule has 2 heterocycles. The second-order valence-electron chi connectivity index (χ2n) is 5.38. The molecule has 0 unspecified atom stereocenters. The first-order chi connectivity index (χ1) is 11.3. The number of nitrogens with one attached hydrogen (secondary N) is 1. The van der Waals surface area contributed by atoms with Crippen LogP contribution >= 0.6 is 12.2 Å². The monoisotopic (exact) mass is 350 g/mol. The van der Waals surface area contributed by atoms with E-state index in [1.54, 1.807) is 12.1 Å². The smallest absolute Gasteiger partial charge is 0.332 e. The third-order valence-electron chi connectivity index (χ3n) is 3.97. The van der Waals surface area contributed by atoms with Crippen molar-refractivity contribution in [3.63, 3.8) is 0 Å². The van der Waals surface area contributed by atoms with Crippen LogP contribution in [0.15, 0.2) is 27.8 Å². The van der Waals surface area contributed by atoms with Crippen LogP contribution in [0.2, 0.25) is 0 Å². The molecule has 3 aromatic rings. The standard InChI is InChI=1S/C15H15FN4O3S/c1-18-12-11(13(21)19(2)15(18)22)20(14(24)17-12)7-8-4-5-9(23-3)6-10(8)16/h4-6H,7H2,1-3H3,(H,17,24). The van der Waals surface area contributed by atoms with Gasteiger partial charge in [-0.15, -0.1) is 0 Å². The number of halogens is 1. The molecule has 0 atom stereocenters. The zero-order valence-electron chi connectivity index (χ0n) is 13.3. The Morgan fingerprint density at radius 1 is 1.25 bits per heavy atom. The number of fused-ring (bicyclic) bond motifs is 1. The minimum atomic E-state index is -0.491. The van der Waals surface area contributed by atoms with E-state index >= 15 is 0 Å². The van der Waals surface area contributed by atoms with Crippen molar-refractivity contribution in [2.24, 2.45) is 14.1 Å². The molecule has 0 saturated heterocycles. The van der Waals surface area contributed by atoms with Gasteiger partial charge in [-0.3, -0.25) is 13.9 Å². The molecule has 24 heavy (non-hydrogen) atoms. The highest BCUT2D eigenvalue weighted by molar-refractivity contribution is 7.71. The van der Waals surface area contributed by atoms with Crippen molar-refractivity contribution in [1.29, 1.82) is 0 Å². The van der Waals surface area contributed by atoms with Gasteiger partial charge in [-0.05, 0) is 18.3 Å². The molecule has 0 aliphatic rings. The molecule has 0 amide bonds. The maximum Gasteiger partial charge on any atom is 0.332 e. The number of aromatic nitrogens is 4. The number of aromatic amines is 1. The number of ether oxygens (including phenoxy) is 1. The van der Waals surface area contributed by atoms with Crippen LogP contribution in [0.4, 0.5) is 4.39 Å². The molecule has 0 radical (unpaired) electrons. The number of hydrogen-bond donors (Lipinski definition) is 1. The van der Waals surface area contributed by atoms with Gasteiger partial charge in [0.1, 0.15) is 17.2 Å². The lowest BCUT2D eigenvalue weighted by atomic mass is 10.2. The van der Waals surface area contributed by atoms with E-state index in [0.717, 1.165) is 4.57 Å². The first-order valence-corrected chi connectivity index (χ1v) is 7.47. The van der Waals surface area contributed by atoms with Crippen LogP contribution in [0, 0.1) is 10.6 Å². The molecule has 7 nitrogen and oxygen atoms in total. The lowest BCUT2D eigenvalue weighted by molar-refractivity contribution is 0.410. The molecule has 0 spiro atoms. The van der Waals surface area contributed by atoms with Crippen LogP contribution in [0.5, 0.6) is 5.75 Å². The molecule has 0 saturated carbocycles. The van der Waals surface area contributed by atoms with Crippen LogP contribution in [-0.4, -0.2) is 25.8 Å². The van der Waals surface area contributed by atoms with Crippen molar-refractivity contribution in [3.8, 4) is 5.75 Å². The summed E-state index contributed by atoms with van der Waals surface area (Å²) < 4.78 is 23.2. The highest BCUT2D eigenvalue weighted by atomic mass is 32.1. The normalized spacial score (nSPS) is 11.2. The summed E-state index contributed by atoms with van der Waals surface area (Å²) in [6.07, 6.45) is 0. The summed E-state index contributed by atoms with van der Waals surface area (Å²) in [5.74, 6) is -0.0654. The largest absolute Gasteiger partial charge is 0.497 e. The Labute approximate surface area is 140 Å². The third-order valence-corrected chi connectivity index (χ3v) is 4.29. The van der Waals surface area contributed by atoms with Crippen LogP contribution in [0.1, 0.15) is 5.56 Å². The molecule has 126 valence electrons. The molecule has 1 N–H and O–H groups in total. The van der Waals surface area contributed by atoms with Gasteiger partial charge in [-0.1, -0.05) is 6.07 Å². The first kappa shape index (κ1) is 16.2. The second kappa shape index (κ2) is 5.75. The van der Waals surface area contributed by atoms with Gasteiger partial charge in [-0.2, -0.15) is 0 Å². The molecular formula is C15H15FN4O3S. The van der Waals surface area contributed by atoms with Gasteiger partial charge in [0, 0.05) is 25.7 Å². The van der Waals surface area contributed by atoms with E-state index in [4.69, 9.17) is 17.0 Å². The predicted molar refractivity (Wildman–Crippen MR) is 89.7 cm³/mol. The topological polar surface area (TPSA) is 73.9 Å². The van der Waals surface area contributed by atoms with Gasteiger partial charge in [0.2, 0.25) is 0 Å². The maximum absolute atomic E-state index is 14.2. The van der Waals surface area contributed by atoms with Crippen LogP contribution in [0.25, 0.3) is 11.2 Å². The predicted octanol–water partition coefficient (Wildman–Crippen LogP) is 1.29. The fourth-order valence-corrected chi connectivity index (χ4v) is 2.84.